The maximum absolute atomic E-state index is 8.92. The fraction of sp³-hybridized carbons (Fsp3) is 1.00. The molecule has 0 aromatic carbocycles. The first kappa shape index (κ1) is 6.95. The quantitative estimate of drug-likeness (QED) is 0.400. The molecule has 3 N–H and O–H groups in total. The van der Waals surface area contributed by atoms with Crippen LogP contribution in [0, 0.1) is 5.92 Å². The lowest BCUT2D eigenvalue weighted by Crippen LogP contribution is -2.27. The molecule has 1 heterocycles. The Morgan fingerprint density at radius 2 is 2.11 bits per heavy atom. The van der Waals surface area contributed by atoms with Crippen molar-refractivity contribution in [3.63, 3.8) is 0 Å². The second kappa shape index (κ2) is 2.62. The van der Waals surface area contributed by atoms with E-state index in [0.717, 1.165) is 0 Å². The number of rotatable bonds is 1. The monoisotopic (exact) mass is 134 g/mol. The first-order valence-corrected chi connectivity index (χ1v) is 2.84. The lowest BCUT2D eigenvalue weighted by Gasteiger charge is -2.09. The lowest BCUT2D eigenvalue weighted by molar-refractivity contribution is -0.110. The zero-order valence-corrected chi connectivity index (χ0v) is 4.90. The van der Waals surface area contributed by atoms with Crippen LogP contribution in [-0.2, 0) is 4.74 Å². The van der Waals surface area contributed by atoms with Crippen molar-refractivity contribution in [3.05, 3.63) is 0 Å². The van der Waals surface area contributed by atoms with Gasteiger partial charge in [-0.1, -0.05) is 0 Å². The zero-order chi connectivity index (χ0) is 6.85. The minimum absolute atomic E-state index is 0.141. The Bertz CT molecular complexity index is 95.0. The van der Waals surface area contributed by atoms with E-state index < -0.39 is 12.4 Å². The van der Waals surface area contributed by atoms with Crippen molar-refractivity contribution >= 4 is 0 Å². The largest absolute Gasteiger partial charge is 0.396 e. The maximum Gasteiger partial charge on any atom is 0.181 e. The van der Waals surface area contributed by atoms with Gasteiger partial charge in [0, 0.05) is 5.92 Å². The molecule has 1 rings (SSSR count). The molecule has 0 unspecified atom stereocenters. The summed E-state index contributed by atoms with van der Waals surface area (Å²) in [4.78, 5) is 0. The van der Waals surface area contributed by atoms with E-state index in [9.17, 15) is 0 Å². The van der Waals surface area contributed by atoms with Gasteiger partial charge in [-0.2, -0.15) is 0 Å². The van der Waals surface area contributed by atoms with Crippen molar-refractivity contribution in [2.75, 3.05) is 13.2 Å². The fourth-order valence-corrected chi connectivity index (χ4v) is 0.813. The van der Waals surface area contributed by atoms with Gasteiger partial charge >= 0.3 is 0 Å². The van der Waals surface area contributed by atoms with Crippen LogP contribution in [0.2, 0.25) is 0 Å². The van der Waals surface area contributed by atoms with Crippen molar-refractivity contribution in [1.29, 1.82) is 0 Å². The van der Waals surface area contributed by atoms with Gasteiger partial charge in [-0.3, -0.25) is 0 Å². The lowest BCUT2D eigenvalue weighted by atomic mass is 10.1. The van der Waals surface area contributed by atoms with Crippen molar-refractivity contribution in [3.8, 4) is 0 Å². The average molecular weight is 134 g/mol. The Labute approximate surface area is 52.7 Å². The van der Waals surface area contributed by atoms with E-state index in [-0.39, 0.29) is 19.1 Å². The van der Waals surface area contributed by atoms with Crippen molar-refractivity contribution in [2.24, 2.45) is 5.92 Å². The first-order chi connectivity index (χ1) is 4.25. The molecular formula is C5H10O4. The molecule has 4 heteroatoms. The molecule has 1 saturated heterocycles. The third kappa shape index (κ3) is 1.21. The van der Waals surface area contributed by atoms with Gasteiger partial charge in [-0.15, -0.1) is 0 Å². The molecule has 3 atom stereocenters. The average Bonchev–Trinajstić information content (AvgIpc) is 2.15. The predicted molar refractivity (Wildman–Crippen MR) is 28.5 cm³/mol. The van der Waals surface area contributed by atoms with Crippen molar-refractivity contribution in [1.82, 2.24) is 0 Å². The van der Waals surface area contributed by atoms with Gasteiger partial charge in [0.05, 0.1) is 13.2 Å². The van der Waals surface area contributed by atoms with Gasteiger partial charge in [-0.05, 0) is 0 Å². The summed E-state index contributed by atoms with van der Waals surface area (Å²) in [6.45, 7) is 0.0943. The van der Waals surface area contributed by atoms with Crippen LogP contribution in [0.5, 0.6) is 0 Å². The number of hydrogen-bond donors (Lipinski definition) is 3. The number of aliphatic hydroxyl groups is 3. The topological polar surface area (TPSA) is 69.9 Å². The van der Waals surface area contributed by atoms with Crippen LogP contribution >= 0.6 is 0 Å². The van der Waals surface area contributed by atoms with Crippen LogP contribution in [0.4, 0.5) is 0 Å². The molecule has 0 aromatic rings. The minimum Gasteiger partial charge on any atom is -0.396 e. The van der Waals surface area contributed by atoms with Gasteiger partial charge in [-0.25, -0.2) is 0 Å². The van der Waals surface area contributed by atoms with Gasteiger partial charge < -0.3 is 20.1 Å². The fourth-order valence-electron chi connectivity index (χ4n) is 0.813. The molecule has 1 aliphatic rings. The highest BCUT2D eigenvalue weighted by Gasteiger charge is 2.33. The second-order valence-electron chi connectivity index (χ2n) is 2.16. The van der Waals surface area contributed by atoms with E-state index in [0.29, 0.717) is 0 Å². The molecule has 54 valence electrons. The molecule has 0 aromatic heterocycles. The molecule has 0 aliphatic carbocycles. The number of ether oxygens (including phenoxy) is 1. The normalized spacial score (nSPS) is 43.7. The van der Waals surface area contributed by atoms with Gasteiger partial charge in [0.15, 0.2) is 6.29 Å². The predicted octanol–water partition coefficient (Wildman–Crippen LogP) is -1.70. The van der Waals surface area contributed by atoms with E-state index in [1.54, 1.807) is 0 Å². The summed E-state index contributed by atoms with van der Waals surface area (Å²) in [5.41, 5.74) is 0. The number of aliphatic hydroxyl groups excluding tert-OH is 3. The molecule has 0 spiro atoms. The standard InChI is InChI=1S/C5H10O4/c6-1-3-2-9-5(8)4(3)7/h3-8H,1-2H2/t3-,4-,5-/m1/s1. The van der Waals surface area contributed by atoms with Crippen LogP contribution < -0.4 is 0 Å². The smallest absolute Gasteiger partial charge is 0.181 e. The second-order valence-corrected chi connectivity index (χ2v) is 2.16. The van der Waals surface area contributed by atoms with Gasteiger partial charge in [0.25, 0.3) is 0 Å². The van der Waals surface area contributed by atoms with Crippen molar-refractivity contribution in [2.45, 2.75) is 12.4 Å². The molecule has 0 amide bonds. The molecule has 1 fully saturated rings. The first-order valence-electron chi connectivity index (χ1n) is 2.84. The molecule has 4 nitrogen and oxygen atoms in total. The van der Waals surface area contributed by atoms with E-state index in [2.05, 4.69) is 4.74 Å². The van der Waals surface area contributed by atoms with Crippen LogP contribution in [0.25, 0.3) is 0 Å². The maximum atomic E-state index is 8.92. The Kier molecular flexibility index (Phi) is 2.02. The molecule has 0 radical (unpaired) electrons. The Morgan fingerprint density at radius 1 is 1.44 bits per heavy atom. The highest BCUT2D eigenvalue weighted by Crippen LogP contribution is 2.17. The van der Waals surface area contributed by atoms with Crippen LogP contribution in [-0.4, -0.2) is 40.9 Å². The van der Waals surface area contributed by atoms with Crippen LogP contribution in [0.1, 0.15) is 0 Å². The summed E-state index contributed by atoms with van der Waals surface area (Å²) in [6, 6.07) is 0. The highest BCUT2D eigenvalue weighted by atomic mass is 16.6. The highest BCUT2D eigenvalue weighted by molar-refractivity contribution is 4.75. The SMILES string of the molecule is OC[C@@H]1CO[C@@H](O)[C@@H]1O. The molecule has 1 aliphatic heterocycles. The summed E-state index contributed by atoms with van der Waals surface area (Å²) in [7, 11) is 0. The van der Waals surface area contributed by atoms with Gasteiger partial charge in [0.2, 0.25) is 0 Å². The molecular weight excluding hydrogens is 124 g/mol. The summed E-state index contributed by atoms with van der Waals surface area (Å²) in [5, 5.41) is 26.1. The van der Waals surface area contributed by atoms with Crippen molar-refractivity contribution < 1.29 is 20.1 Å². The third-order valence-electron chi connectivity index (χ3n) is 1.49. The Hall–Kier alpha value is -0.160. The van der Waals surface area contributed by atoms with E-state index >= 15 is 0 Å². The summed E-state index contributed by atoms with van der Waals surface area (Å²) < 4.78 is 4.61. The minimum atomic E-state index is -1.11. The summed E-state index contributed by atoms with van der Waals surface area (Å²) >= 11 is 0. The molecule has 0 saturated carbocycles. The number of hydrogen-bond acceptors (Lipinski definition) is 4. The van der Waals surface area contributed by atoms with Crippen LogP contribution in [0.15, 0.2) is 0 Å². The van der Waals surface area contributed by atoms with Crippen LogP contribution in [0.3, 0.4) is 0 Å². The van der Waals surface area contributed by atoms with E-state index in [1.165, 1.54) is 0 Å². The molecule has 0 bridgehead atoms. The zero-order valence-electron chi connectivity index (χ0n) is 4.90. The third-order valence-corrected chi connectivity index (χ3v) is 1.49. The Morgan fingerprint density at radius 3 is 2.33 bits per heavy atom. The Balaban J connectivity index is 2.41. The summed E-state index contributed by atoms with van der Waals surface area (Å²) in [5.74, 6) is -0.319. The van der Waals surface area contributed by atoms with E-state index in [1.807, 2.05) is 0 Å². The summed E-state index contributed by atoms with van der Waals surface area (Å²) in [6.07, 6.45) is -2.03. The van der Waals surface area contributed by atoms with Gasteiger partial charge in [0.1, 0.15) is 6.10 Å². The molecule has 9 heavy (non-hydrogen) atoms. The van der Waals surface area contributed by atoms with E-state index in [4.69, 9.17) is 15.3 Å².